The summed E-state index contributed by atoms with van der Waals surface area (Å²) in [4.78, 5) is 18.0. The zero-order valence-electron chi connectivity index (χ0n) is 16.0. The Kier molecular flexibility index (Phi) is 5.37. The van der Waals surface area contributed by atoms with Gasteiger partial charge in [-0.15, -0.1) is 0 Å². The van der Waals surface area contributed by atoms with Crippen LogP contribution < -0.4 is 4.80 Å². The Balaban J connectivity index is 1.89. The molecule has 1 amide bonds. The van der Waals surface area contributed by atoms with Crippen molar-refractivity contribution in [3.8, 4) is 0 Å². The minimum Gasteiger partial charge on any atom is -0.380 e. The van der Waals surface area contributed by atoms with Gasteiger partial charge in [0.2, 0.25) is 0 Å². The van der Waals surface area contributed by atoms with Gasteiger partial charge in [-0.05, 0) is 37.4 Å². The summed E-state index contributed by atoms with van der Waals surface area (Å²) in [6, 6.07) is 20.1. The molecule has 0 radical (unpaired) electrons. The molecule has 1 heterocycles. The second kappa shape index (κ2) is 8.09. The van der Waals surface area contributed by atoms with Crippen molar-refractivity contribution in [1.29, 1.82) is 0 Å². The smallest absolute Gasteiger partial charge is 0.279 e. The maximum atomic E-state index is 12.8. The number of thiazole rings is 1. The minimum absolute atomic E-state index is 0.218. The van der Waals surface area contributed by atoms with Crippen LogP contribution in [0.25, 0.3) is 21.0 Å². The van der Waals surface area contributed by atoms with Crippen LogP contribution in [0, 0.1) is 6.92 Å². The molecule has 142 valence electrons. The van der Waals surface area contributed by atoms with E-state index in [-0.39, 0.29) is 5.91 Å². The molecule has 28 heavy (non-hydrogen) atoms. The molecule has 0 aliphatic heterocycles. The molecule has 4 nitrogen and oxygen atoms in total. The molecule has 0 saturated heterocycles. The normalized spacial score (nSPS) is 12.1. The Bertz CT molecular complexity index is 1220. The fourth-order valence-electron chi connectivity index (χ4n) is 3.33. The van der Waals surface area contributed by atoms with Gasteiger partial charge < -0.3 is 9.30 Å². The molecule has 0 fully saturated rings. The van der Waals surface area contributed by atoms with E-state index in [1.807, 2.05) is 50.2 Å². The fourth-order valence-corrected chi connectivity index (χ4v) is 4.52. The first-order valence-electron chi connectivity index (χ1n) is 9.42. The fraction of sp³-hybridized carbons (Fsp3) is 0.217. The summed E-state index contributed by atoms with van der Waals surface area (Å²) >= 11 is 1.56. The number of hydrogen-bond donors (Lipinski definition) is 0. The van der Waals surface area contributed by atoms with Gasteiger partial charge in [-0.3, -0.25) is 4.79 Å². The Hall–Kier alpha value is -2.76. The molecule has 0 aliphatic carbocycles. The number of aryl methyl sites for hydroxylation is 1. The van der Waals surface area contributed by atoms with Crippen LogP contribution >= 0.6 is 11.3 Å². The van der Waals surface area contributed by atoms with E-state index < -0.39 is 0 Å². The summed E-state index contributed by atoms with van der Waals surface area (Å²) < 4.78 is 8.80. The number of carbonyl (C=O) groups is 1. The first-order valence-corrected chi connectivity index (χ1v) is 10.2. The zero-order chi connectivity index (χ0) is 19.5. The van der Waals surface area contributed by atoms with Crippen LogP contribution in [0.4, 0.5) is 0 Å². The van der Waals surface area contributed by atoms with E-state index in [4.69, 9.17) is 4.74 Å². The molecular formula is C23H22N2O2S. The number of ether oxygens (including phenoxy) is 1. The van der Waals surface area contributed by atoms with Crippen LogP contribution in [0.15, 0.2) is 65.7 Å². The molecule has 0 unspecified atom stereocenters. The van der Waals surface area contributed by atoms with Crippen LogP contribution in [0.2, 0.25) is 0 Å². The second-order valence-electron chi connectivity index (χ2n) is 6.65. The first kappa shape index (κ1) is 18.6. The third kappa shape index (κ3) is 3.63. The third-order valence-electron chi connectivity index (χ3n) is 4.70. The lowest BCUT2D eigenvalue weighted by Gasteiger charge is -2.06. The highest BCUT2D eigenvalue weighted by atomic mass is 32.1. The van der Waals surface area contributed by atoms with Gasteiger partial charge in [0.25, 0.3) is 5.91 Å². The highest BCUT2D eigenvalue weighted by Gasteiger charge is 2.11. The van der Waals surface area contributed by atoms with Gasteiger partial charge in [0.1, 0.15) is 0 Å². The predicted molar refractivity (Wildman–Crippen MR) is 115 cm³/mol. The lowest BCUT2D eigenvalue weighted by molar-refractivity contribution is 0.0996. The SMILES string of the molecule is CCOCCn1c(=NC(=O)c2cccc(C)c2)sc2c3ccccc3ccc21. The molecule has 3 aromatic carbocycles. The van der Waals surface area contributed by atoms with Crippen molar-refractivity contribution < 1.29 is 9.53 Å². The van der Waals surface area contributed by atoms with Crippen LogP contribution in [-0.4, -0.2) is 23.7 Å². The molecule has 4 aromatic rings. The van der Waals surface area contributed by atoms with Crippen molar-refractivity contribution in [2.24, 2.45) is 4.99 Å². The van der Waals surface area contributed by atoms with E-state index >= 15 is 0 Å². The quantitative estimate of drug-likeness (QED) is 0.453. The minimum atomic E-state index is -0.218. The molecule has 4 rings (SSSR count). The van der Waals surface area contributed by atoms with Crippen LogP contribution in [0.5, 0.6) is 0 Å². The van der Waals surface area contributed by atoms with Gasteiger partial charge in [-0.25, -0.2) is 0 Å². The summed E-state index contributed by atoms with van der Waals surface area (Å²) in [7, 11) is 0. The number of rotatable bonds is 5. The standard InChI is InChI=1S/C23H22N2O2S/c1-3-27-14-13-25-20-12-11-17-8-4-5-10-19(17)21(20)28-23(25)24-22(26)18-9-6-7-16(2)15-18/h4-12,15H,3,13-14H2,1-2H3. The van der Waals surface area contributed by atoms with Gasteiger partial charge in [0.05, 0.1) is 16.8 Å². The van der Waals surface area contributed by atoms with Crippen LogP contribution in [0.3, 0.4) is 0 Å². The van der Waals surface area contributed by atoms with Crippen LogP contribution in [0.1, 0.15) is 22.8 Å². The zero-order valence-corrected chi connectivity index (χ0v) is 16.8. The number of aromatic nitrogens is 1. The number of carbonyl (C=O) groups excluding carboxylic acids is 1. The molecule has 1 aromatic heterocycles. The number of hydrogen-bond acceptors (Lipinski definition) is 3. The first-order chi connectivity index (χ1) is 13.7. The molecule has 0 bridgehead atoms. The average molecular weight is 391 g/mol. The topological polar surface area (TPSA) is 43.6 Å². The van der Waals surface area contributed by atoms with Gasteiger partial charge in [0.15, 0.2) is 4.80 Å². The summed E-state index contributed by atoms with van der Waals surface area (Å²) in [5.41, 5.74) is 2.74. The molecule has 5 heteroatoms. The number of benzene rings is 3. The maximum absolute atomic E-state index is 12.8. The largest absolute Gasteiger partial charge is 0.380 e. The predicted octanol–water partition coefficient (Wildman–Crippen LogP) is 4.94. The summed E-state index contributed by atoms with van der Waals surface area (Å²) in [6.45, 7) is 5.87. The van der Waals surface area contributed by atoms with E-state index in [9.17, 15) is 4.79 Å². The molecule has 0 saturated carbocycles. The number of fused-ring (bicyclic) bond motifs is 3. The summed E-state index contributed by atoms with van der Waals surface area (Å²) in [5, 5.41) is 2.37. The highest BCUT2D eigenvalue weighted by Crippen LogP contribution is 2.27. The molecular weight excluding hydrogens is 368 g/mol. The van der Waals surface area contributed by atoms with Crippen molar-refractivity contribution in [2.45, 2.75) is 20.4 Å². The molecule has 0 atom stereocenters. The lowest BCUT2D eigenvalue weighted by Crippen LogP contribution is -2.19. The second-order valence-corrected chi connectivity index (χ2v) is 7.63. The van der Waals surface area contributed by atoms with Crippen molar-refractivity contribution in [1.82, 2.24) is 4.57 Å². The molecule has 0 aliphatic rings. The molecule has 0 N–H and O–H groups in total. The highest BCUT2D eigenvalue weighted by molar-refractivity contribution is 7.17. The van der Waals surface area contributed by atoms with Crippen molar-refractivity contribution >= 4 is 38.2 Å². The summed E-state index contributed by atoms with van der Waals surface area (Å²) in [5.74, 6) is -0.218. The Morgan fingerprint density at radius 2 is 1.96 bits per heavy atom. The van der Waals surface area contributed by atoms with Gasteiger partial charge in [-0.2, -0.15) is 4.99 Å². The average Bonchev–Trinajstić information content (AvgIpc) is 3.06. The Labute approximate surface area is 167 Å². The van der Waals surface area contributed by atoms with Crippen molar-refractivity contribution in [3.63, 3.8) is 0 Å². The van der Waals surface area contributed by atoms with Gasteiger partial charge in [0, 0.05) is 24.1 Å². The summed E-state index contributed by atoms with van der Waals surface area (Å²) in [6.07, 6.45) is 0. The van der Waals surface area contributed by atoms with Gasteiger partial charge >= 0.3 is 0 Å². The number of amides is 1. The number of nitrogens with zero attached hydrogens (tertiary/aromatic N) is 2. The third-order valence-corrected chi connectivity index (χ3v) is 5.83. The van der Waals surface area contributed by atoms with E-state index in [1.54, 1.807) is 11.3 Å². The molecule has 0 spiro atoms. The Morgan fingerprint density at radius 3 is 2.79 bits per heavy atom. The van der Waals surface area contributed by atoms with Gasteiger partial charge in [-0.1, -0.05) is 59.4 Å². The Morgan fingerprint density at radius 1 is 1.11 bits per heavy atom. The van der Waals surface area contributed by atoms with Crippen molar-refractivity contribution in [3.05, 3.63) is 76.6 Å². The van der Waals surface area contributed by atoms with E-state index in [2.05, 4.69) is 33.8 Å². The van der Waals surface area contributed by atoms with Crippen LogP contribution in [-0.2, 0) is 11.3 Å². The van der Waals surface area contributed by atoms with E-state index in [0.717, 1.165) is 15.8 Å². The van der Waals surface area contributed by atoms with E-state index in [0.29, 0.717) is 30.1 Å². The lowest BCUT2D eigenvalue weighted by atomic mass is 10.1. The monoisotopic (exact) mass is 390 g/mol. The van der Waals surface area contributed by atoms with E-state index in [1.165, 1.54) is 10.8 Å². The van der Waals surface area contributed by atoms with Crippen molar-refractivity contribution in [2.75, 3.05) is 13.2 Å². The maximum Gasteiger partial charge on any atom is 0.279 e.